The van der Waals surface area contributed by atoms with Crippen molar-refractivity contribution in [3.8, 4) is 0 Å². The highest BCUT2D eigenvalue weighted by Gasteiger charge is 2.36. The van der Waals surface area contributed by atoms with E-state index in [1.54, 1.807) is 0 Å². The molecule has 1 aliphatic carbocycles. The predicted molar refractivity (Wildman–Crippen MR) is 93.7 cm³/mol. The lowest BCUT2D eigenvalue weighted by Crippen LogP contribution is -2.26. The number of benzene rings is 1. The Balaban J connectivity index is 1.56. The van der Waals surface area contributed by atoms with Gasteiger partial charge in [0.05, 0.1) is 5.25 Å². The van der Waals surface area contributed by atoms with E-state index in [0.717, 1.165) is 36.3 Å². The van der Waals surface area contributed by atoms with E-state index in [1.807, 2.05) is 24.3 Å². The molecule has 1 aromatic rings. The Morgan fingerprint density at radius 1 is 1.12 bits per heavy atom. The molecule has 1 heterocycles. The monoisotopic (exact) mass is 346 g/mol. The molecule has 3 rings (SSSR count). The lowest BCUT2D eigenvalue weighted by Gasteiger charge is -2.20. The smallest absolute Gasteiger partial charge is 0.242 e. The molecule has 128 valence electrons. The molecule has 2 fully saturated rings. The first-order valence-corrected chi connectivity index (χ1v) is 9.30. The van der Waals surface area contributed by atoms with Gasteiger partial charge in [0.1, 0.15) is 0 Å². The van der Waals surface area contributed by atoms with E-state index in [4.69, 9.17) is 0 Å². The number of nitrogens with one attached hydrogen (secondary N) is 1. The van der Waals surface area contributed by atoms with Crippen LogP contribution >= 0.6 is 11.8 Å². The average Bonchev–Trinajstić information content (AvgIpc) is 2.84. The molecule has 24 heavy (non-hydrogen) atoms. The molecule has 1 atom stereocenters. The topological polar surface area (TPSA) is 66.5 Å². The highest BCUT2D eigenvalue weighted by molar-refractivity contribution is 8.00. The summed E-state index contributed by atoms with van der Waals surface area (Å²) in [6.45, 7) is 0. The fourth-order valence-corrected chi connectivity index (χ4v) is 4.31. The van der Waals surface area contributed by atoms with E-state index in [2.05, 4.69) is 5.32 Å². The van der Waals surface area contributed by atoms with Gasteiger partial charge < -0.3 is 5.32 Å². The number of imide groups is 1. The molecular weight excluding hydrogens is 324 g/mol. The molecule has 1 unspecified atom stereocenters. The number of hydrogen-bond acceptors (Lipinski definition) is 4. The Bertz CT molecular complexity index is 638. The lowest BCUT2D eigenvalue weighted by atomic mass is 9.88. The zero-order valence-electron chi connectivity index (χ0n) is 13.8. The minimum Gasteiger partial charge on any atom is -0.326 e. The number of rotatable bonds is 4. The summed E-state index contributed by atoms with van der Waals surface area (Å²) in [6, 6.07) is 7.48. The van der Waals surface area contributed by atoms with Crippen LogP contribution in [0.15, 0.2) is 29.2 Å². The van der Waals surface area contributed by atoms with Crippen LogP contribution in [0.1, 0.15) is 38.5 Å². The molecule has 0 aromatic heterocycles. The molecule has 1 saturated heterocycles. The number of likely N-dealkylation sites (tertiary alicyclic amines) is 1. The van der Waals surface area contributed by atoms with Gasteiger partial charge in [0.25, 0.3) is 0 Å². The molecular formula is C18H22N2O3S. The van der Waals surface area contributed by atoms with Crippen LogP contribution in [0.25, 0.3) is 0 Å². The Morgan fingerprint density at radius 3 is 2.38 bits per heavy atom. The number of hydrogen-bond donors (Lipinski definition) is 1. The number of nitrogens with zero attached hydrogens (tertiary/aromatic N) is 1. The molecule has 3 amide bonds. The van der Waals surface area contributed by atoms with Crippen LogP contribution in [0.2, 0.25) is 0 Å². The zero-order valence-corrected chi connectivity index (χ0v) is 14.6. The SMILES string of the molecule is CN1C(=O)CC(Sc2ccc(NC(=O)C3CCCCC3)cc2)C1=O. The second-order valence-corrected chi connectivity index (χ2v) is 7.73. The van der Waals surface area contributed by atoms with E-state index in [-0.39, 0.29) is 35.3 Å². The maximum atomic E-state index is 12.2. The summed E-state index contributed by atoms with van der Waals surface area (Å²) in [6.07, 6.45) is 5.70. The van der Waals surface area contributed by atoms with E-state index in [0.29, 0.717) is 0 Å². The number of amides is 3. The maximum absolute atomic E-state index is 12.2. The first-order chi connectivity index (χ1) is 11.5. The molecule has 1 aromatic carbocycles. The van der Waals surface area contributed by atoms with Gasteiger partial charge in [0, 0.05) is 30.0 Å². The van der Waals surface area contributed by atoms with Crippen molar-refractivity contribution in [1.82, 2.24) is 4.90 Å². The molecule has 0 bridgehead atoms. The van der Waals surface area contributed by atoms with Crippen LogP contribution in [0.3, 0.4) is 0 Å². The van der Waals surface area contributed by atoms with E-state index >= 15 is 0 Å². The summed E-state index contributed by atoms with van der Waals surface area (Å²) < 4.78 is 0. The van der Waals surface area contributed by atoms with Crippen molar-refractivity contribution in [2.45, 2.75) is 48.7 Å². The Kier molecular flexibility index (Phi) is 5.23. The van der Waals surface area contributed by atoms with Crippen molar-refractivity contribution < 1.29 is 14.4 Å². The molecule has 1 N–H and O–H groups in total. The van der Waals surface area contributed by atoms with Crippen LogP contribution < -0.4 is 5.32 Å². The second-order valence-electron chi connectivity index (χ2n) is 6.45. The van der Waals surface area contributed by atoms with Gasteiger partial charge in [-0.15, -0.1) is 11.8 Å². The quantitative estimate of drug-likeness (QED) is 0.851. The highest BCUT2D eigenvalue weighted by atomic mass is 32.2. The standard InChI is InChI=1S/C18H22N2O3S/c1-20-16(21)11-15(18(20)23)24-14-9-7-13(8-10-14)19-17(22)12-5-3-2-4-6-12/h7-10,12,15H,2-6,11H2,1H3,(H,19,22). The fourth-order valence-electron chi connectivity index (χ4n) is 3.20. The van der Waals surface area contributed by atoms with E-state index in [9.17, 15) is 14.4 Å². The van der Waals surface area contributed by atoms with Gasteiger partial charge in [-0.3, -0.25) is 19.3 Å². The summed E-state index contributed by atoms with van der Waals surface area (Å²) in [5, 5.41) is 2.64. The van der Waals surface area contributed by atoms with E-state index in [1.165, 1.54) is 30.1 Å². The Labute approximate surface area is 146 Å². The van der Waals surface area contributed by atoms with Crippen LogP contribution in [0.5, 0.6) is 0 Å². The molecule has 1 saturated carbocycles. The van der Waals surface area contributed by atoms with Crippen molar-refractivity contribution in [3.05, 3.63) is 24.3 Å². The molecule has 0 radical (unpaired) electrons. The third-order valence-electron chi connectivity index (χ3n) is 4.72. The Hall–Kier alpha value is -1.82. The van der Waals surface area contributed by atoms with Crippen LogP contribution in [-0.2, 0) is 14.4 Å². The van der Waals surface area contributed by atoms with Crippen molar-refractivity contribution in [2.75, 3.05) is 12.4 Å². The van der Waals surface area contributed by atoms with Gasteiger partial charge in [0.2, 0.25) is 17.7 Å². The summed E-state index contributed by atoms with van der Waals surface area (Å²) >= 11 is 1.40. The van der Waals surface area contributed by atoms with Gasteiger partial charge in [-0.05, 0) is 37.1 Å². The Morgan fingerprint density at radius 2 is 1.79 bits per heavy atom. The van der Waals surface area contributed by atoms with Crippen molar-refractivity contribution >= 4 is 35.2 Å². The molecule has 6 heteroatoms. The molecule has 5 nitrogen and oxygen atoms in total. The summed E-state index contributed by atoms with van der Waals surface area (Å²) in [4.78, 5) is 37.8. The maximum Gasteiger partial charge on any atom is 0.242 e. The minimum absolute atomic E-state index is 0.105. The molecule has 2 aliphatic rings. The third-order valence-corrected chi connectivity index (χ3v) is 5.91. The van der Waals surface area contributed by atoms with Gasteiger partial charge in [0.15, 0.2) is 0 Å². The van der Waals surface area contributed by atoms with Gasteiger partial charge >= 0.3 is 0 Å². The second kappa shape index (κ2) is 7.38. The van der Waals surface area contributed by atoms with E-state index < -0.39 is 0 Å². The predicted octanol–water partition coefficient (Wildman–Crippen LogP) is 3.05. The van der Waals surface area contributed by atoms with Gasteiger partial charge in [-0.25, -0.2) is 0 Å². The first kappa shape index (κ1) is 17.0. The number of anilines is 1. The summed E-state index contributed by atoms with van der Waals surface area (Å²) in [5.74, 6) is -0.0349. The lowest BCUT2D eigenvalue weighted by molar-refractivity contribution is -0.136. The first-order valence-electron chi connectivity index (χ1n) is 8.42. The number of carbonyl (C=O) groups is 3. The molecule has 1 aliphatic heterocycles. The average molecular weight is 346 g/mol. The highest BCUT2D eigenvalue weighted by Crippen LogP contribution is 2.31. The van der Waals surface area contributed by atoms with Crippen molar-refractivity contribution in [1.29, 1.82) is 0 Å². The zero-order chi connectivity index (χ0) is 17.1. The largest absolute Gasteiger partial charge is 0.326 e. The van der Waals surface area contributed by atoms with Gasteiger partial charge in [-0.2, -0.15) is 0 Å². The molecule has 0 spiro atoms. The normalized spacial score (nSPS) is 22.0. The summed E-state index contributed by atoms with van der Waals surface area (Å²) in [7, 11) is 1.52. The number of carbonyl (C=O) groups excluding carboxylic acids is 3. The fraction of sp³-hybridized carbons (Fsp3) is 0.500. The van der Waals surface area contributed by atoms with Crippen LogP contribution in [0, 0.1) is 5.92 Å². The third kappa shape index (κ3) is 3.80. The van der Waals surface area contributed by atoms with Gasteiger partial charge in [-0.1, -0.05) is 19.3 Å². The van der Waals surface area contributed by atoms with Crippen LogP contribution in [-0.4, -0.2) is 34.9 Å². The van der Waals surface area contributed by atoms with Crippen molar-refractivity contribution in [3.63, 3.8) is 0 Å². The van der Waals surface area contributed by atoms with Crippen LogP contribution in [0.4, 0.5) is 5.69 Å². The number of thioether (sulfide) groups is 1. The van der Waals surface area contributed by atoms with Crippen molar-refractivity contribution in [2.24, 2.45) is 5.92 Å². The summed E-state index contributed by atoms with van der Waals surface area (Å²) in [5.41, 5.74) is 0.779. The minimum atomic E-state index is -0.342.